The lowest BCUT2D eigenvalue weighted by molar-refractivity contribution is 0.314. The third-order valence-electron chi connectivity index (χ3n) is 3.60. The van der Waals surface area contributed by atoms with Gasteiger partial charge in [0.15, 0.2) is 0 Å². The molecule has 1 saturated heterocycles. The molecule has 0 saturated carbocycles. The van der Waals surface area contributed by atoms with Crippen LogP contribution >= 0.6 is 0 Å². The van der Waals surface area contributed by atoms with E-state index < -0.39 is 0 Å². The number of likely N-dealkylation sites (N-methyl/N-ethyl adjacent to an activating group) is 1. The molecule has 1 rings (SSSR count). The number of rotatable bonds is 7. The maximum atomic E-state index is 5.67. The first-order valence-electron chi connectivity index (χ1n) is 6.64. The second-order valence-electron chi connectivity index (χ2n) is 5.17. The van der Waals surface area contributed by atoms with Gasteiger partial charge in [0.1, 0.15) is 0 Å². The molecule has 0 spiro atoms. The van der Waals surface area contributed by atoms with Gasteiger partial charge in [-0.15, -0.1) is 6.42 Å². The van der Waals surface area contributed by atoms with Crippen molar-refractivity contribution in [3.63, 3.8) is 0 Å². The molecule has 0 radical (unpaired) electrons. The zero-order valence-corrected chi connectivity index (χ0v) is 12.1. The molecule has 0 aromatic carbocycles. The van der Waals surface area contributed by atoms with Gasteiger partial charge in [-0.05, 0) is 19.8 Å². The van der Waals surface area contributed by atoms with Crippen LogP contribution in [0.1, 0.15) is 19.8 Å². The molecule has 3 nitrogen and oxygen atoms in total. The van der Waals surface area contributed by atoms with Gasteiger partial charge in [0.2, 0.25) is 0 Å². The van der Waals surface area contributed by atoms with E-state index in [0.29, 0.717) is 12.5 Å². The van der Waals surface area contributed by atoms with Crippen LogP contribution in [0.5, 0.6) is 0 Å². The number of hydrogen-bond acceptors (Lipinski definition) is 3. The van der Waals surface area contributed by atoms with E-state index in [2.05, 4.69) is 41.2 Å². The molecule has 1 fully saturated rings. The standard InChI is InChI=1S/C16H25N3/c1-7-16(10-15-8-9-17-14(15)5)19(6)13(4)11-18-12(2)3/h1,15-18H,2,4-5,8-11H2,3,6H3. The summed E-state index contributed by atoms with van der Waals surface area (Å²) in [5, 5.41) is 6.45. The molecule has 0 aromatic rings. The highest BCUT2D eigenvalue weighted by Gasteiger charge is 2.24. The second-order valence-corrected chi connectivity index (χ2v) is 5.17. The van der Waals surface area contributed by atoms with Gasteiger partial charge in [-0.3, -0.25) is 0 Å². The predicted octanol–water partition coefficient (Wildman–Crippen LogP) is 2.07. The van der Waals surface area contributed by atoms with Crippen molar-refractivity contribution in [2.24, 2.45) is 5.92 Å². The molecular formula is C16H25N3. The molecule has 2 unspecified atom stereocenters. The third-order valence-corrected chi connectivity index (χ3v) is 3.60. The summed E-state index contributed by atoms with van der Waals surface area (Å²) in [6.07, 6.45) is 7.70. The highest BCUT2D eigenvalue weighted by atomic mass is 15.2. The summed E-state index contributed by atoms with van der Waals surface area (Å²) >= 11 is 0. The Kier molecular flexibility index (Phi) is 5.57. The van der Waals surface area contributed by atoms with Gasteiger partial charge in [-0.2, -0.15) is 0 Å². The summed E-state index contributed by atoms with van der Waals surface area (Å²) in [6.45, 7) is 15.5. The first-order chi connectivity index (χ1) is 8.95. The van der Waals surface area contributed by atoms with Gasteiger partial charge in [0.05, 0.1) is 12.6 Å². The fourth-order valence-corrected chi connectivity index (χ4v) is 2.19. The van der Waals surface area contributed by atoms with Crippen LogP contribution in [0.15, 0.2) is 36.8 Å². The first kappa shape index (κ1) is 15.2. The molecule has 0 aliphatic carbocycles. The Morgan fingerprint density at radius 3 is 2.79 bits per heavy atom. The zero-order valence-electron chi connectivity index (χ0n) is 12.1. The summed E-state index contributed by atoms with van der Waals surface area (Å²) in [7, 11) is 2.00. The normalized spacial score (nSPS) is 19.2. The van der Waals surface area contributed by atoms with Crippen molar-refractivity contribution in [2.45, 2.75) is 25.8 Å². The average Bonchev–Trinajstić information content (AvgIpc) is 2.77. The Hall–Kier alpha value is -1.82. The van der Waals surface area contributed by atoms with Crippen molar-refractivity contribution < 1.29 is 0 Å². The quantitative estimate of drug-likeness (QED) is 0.685. The molecule has 3 heteroatoms. The highest BCUT2D eigenvalue weighted by molar-refractivity contribution is 5.13. The summed E-state index contributed by atoms with van der Waals surface area (Å²) in [5.74, 6) is 3.33. The van der Waals surface area contributed by atoms with E-state index in [-0.39, 0.29) is 6.04 Å². The van der Waals surface area contributed by atoms with Gasteiger partial charge in [0.25, 0.3) is 0 Å². The molecule has 0 amide bonds. The van der Waals surface area contributed by atoms with Gasteiger partial charge in [0, 0.05) is 36.6 Å². The minimum absolute atomic E-state index is 0.0565. The molecule has 2 atom stereocenters. The lowest BCUT2D eigenvalue weighted by Gasteiger charge is -2.30. The van der Waals surface area contributed by atoms with Crippen LogP contribution in [-0.2, 0) is 0 Å². The Morgan fingerprint density at radius 2 is 2.32 bits per heavy atom. The van der Waals surface area contributed by atoms with Crippen LogP contribution in [0, 0.1) is 18.3 Å². The highest BCUT2D eigenvalue weighted by Crippen LogP contribution is 2.25. The van der Waals surface area contributed by atoms with Crippen molar-refractivity contribution in [3.05, 3.63) is 36.8 Å². The van der Waals surface area contributed by atoms with Gasteiger partial charge >= 0.3 is 0 Å². The largest absolute Gasteiger partial charge is 0.389 e. The third kappa shape index (κ3) is 4.40. The van der Waals surface area contributed by atoms with E-state index in [4.69, 9.17) is 6.42 Å². The average molecular weight is 259 g/mol. The van der Waals surface area contributed by atoms with Crippen molar-refractivity contribution in [1.29, 1.82) is 0 Å². The Balaban J connectivity index is 2.53. The second kappa shape index (κ2) is 6.94. The number of terminal acetylenes is 1. The Bertz CT molecular complexity index is 403. The molecule has 19 heavy (non-hydrogen) atoms. The first-order valence-corrected chi connectivity index (χ1v) is 6.64. The molecular weight excluding hydrogens is 234 g/mol. The minimum atomic E-state index is 0.0565. The number of nitrogens with zero attached hydrogens (tertiary/aromatic N) is 1. The van der Waals surface area contributed by atoms with Crippen molar-refractivity contribution >= 4 is 0 Å². The van der Waals surface area contributed by atoms with Crippen LogP contribution in [0.2, 0.25) is 0 Å². The van der Waals surface area contributed by atoms with Gasteiger partial charge in [-0.25, -0.2) is 0 Å². The van der Waals surface area contributed by atoms with E-state index in [1.54, 1.807) is 0 Å². The molecule has 2 N–H and O–H groups in total. The van der Waals surface area contributed by atoms with E-state index in [1.807, 2.05) is 14.0 Å². The van der Waals surface area contributed by atoms with Crippen LogP contribution in [0.4, 0.5) is 0 Å². The van der Waals surface area contributed by atoms with E-state index in [0.717, 1.165) is 36.5 Å². The monoisotopic (exact) mass is 259 g/mol. The summed E-state index contributed by atoms with van der Waals surface area (Å²) in [6, 6.07) is 0.0565. The van der Waals surface area contributed by atoms with Crippen LogP contribution in [0.3, 0.4) is 0 Å². The molecule has 1 aliphatic heterocycles. The number of hydrogen-bond donors (Lipinski definition) is 2. The number of allylic oxidation sites excluding steroid dienone is 2. The van der Waals surface area contributed by atoms with Crippen LogP contribution < -0.4 is 10.6 Å². The molecule has 1 aliphatic rings. The van der Waals surface area contributed by atoms with Crippen LogP contribution in [-0.4, -0.2) is 31.1 Å². The van der Waals surface area contributed by atoms with E-state index >= 15 is 0 Å². The maximum Gasteiger partial charge on any atom is 0.0901 e. The fraction of sp³-hybridized carbons (Fsp3) is 0.500. The summed E-state index contributed by atoms with van der Waals surface area (Å²) in [5.41, 5.74) is 3.02. The summed E-state index contributed by atoms with van der Waals surface area (Å²) < 4.78 is 0. The number of nitrogens with one attached hydrogen (secondary N) is 2. The van der Waals surface area contributed by atoms with E-state index in [9.17, 15) is 0 Å². The van der Waals surface area contributed by atoms with Gasteiger partial charge < -0.3 is 15.5 Å². The molecule has 104 valence electrons. The zero-order chi connectivity index (χ0) is 14.4. The smallest absolute Gasteiger partial charge is 0.0901 e. The lowest BCUT2D eigenvalue weighted by atomic mass is 9.96. The fourth-order valence-electron chi connectivity index (χ4n) is 2.19. The Labute approximate surface area is 117 Å². The SMILES string of the molecule is C#CC(CC1CCNC1=C)N(C)C(=C)CNC(=C)C. The van der Waals surface area contributed by atoms with E-state index in [1.165, 1.54) is 0 Å². The lowest BCUT2D eigenvalue weighted by Crippen LogP contribution is -2.35. The van der Waals surface area contributed by atoms with Crippen molar-refractivity contribution in [1.82, 2.24) is 15.5 Å². The maximum absolute atomic E-state index is 5.67. The topological polar surface area (TPSA) is 27.3 Å². The summed E-state index contributed by atoms with van der Waals surface area (Å²) in [4.78, 5) is 2.07. The minimum Gasteiger partial charge on any atom is -0.389 e. The van der Waals surface area contributed by atoms with Crippen LogP contribution in [0.25, 0.3) is 0 Å². The molecule has 0 bridgehead atoms. The Morgan fingerprint density at radius 1 is 1.63 bits per heavy atom. The van der Waals surface area contributed by atoms with Gasteiger partial charge in [-0.1, -0.05) is 25.7 Å². The molecule has 1 heterocycles. The van der Waals surface area contributed by atoms with Crippen molar-refractivity contribution in [3.8, 4) is 12.3 Å². The predicted molar refractivity (Wildman–Crippen MR) is 82.2 cm³/mol. The van der Waals surface area contributed by atoms with Crippen molar-refractivity contribution in [2.75, 3.05) is 20.1 Å². The molecule has 0 aromatic heterocycles.